The first kappa shape index (κ1) is 16.3. The molecule has 0 atom stereocenters. The van der Waals surface area contributed by atoms with Gasteiger partial charge in [0, 0.05) is 11.8 Å². The Bertz CT molecular complexity index is 940. The SMILES string of the molecule is COC(=O)c1ccc(CSc2nnc3[nH]c(=O)cc(C(C)C)n23)o1. The molecule has 24 heavy (non-hydrogen) atoms. The van der Waals surface area contributed by atoms with Gasteiger partial charge < -0.3 is 9.15 Å². The Kier molecular flexibility index (Phi) is 4.43. The number of hydrogen-bond acceptors (Lipinski definition) is 7. The molecule has 0 unspecified atom stereocenters. The highest BCUT2D eigenvalue weighted by atomic mass is 32.2. The van der Waals surface area contributed by atoms with E-state index in [4.69, 9.17) is 4.42 Å². The van der Waals surface area contributed by atoms with Crippen LogP contribution in [0.2, 0.25) is 0 Å². The number of nitrogens with one attached hydrogen (secondary N) is 1. The van der Waals surface area contributed by atoms with Crippen LogP contribution in [-0.2, 0) is 10.5 Å². The van der Waals surface area contributed by atoms with Crippen molar-refractivity contribution in [1.82, 2.24) is 19.6 Å². The molecule has 3 heterocycles. The van der Waals surface area contributed by atoms with Gasteiger partial charge in [0.2, 0.25) is 11.5 Å². The molecule has 126 valence electrons. The molecule has 0 saturated carbocycles. The van der Waals surface area contributed by atoms with Gasteiger partial charge in [0.25, 0.3) is 5.56 Å². The normalized spacial score (nSPS) is 11.3. The second-order valence-corrected chi connectivity index (χ2v) is 6.34. The molecule has 0 aliphatic carbocycles. The number of carbonyl (C=O) groups is 1. The number of methoxy groups -OCH3 is 1. The predicted molar refractivity (Wildman–Crippen MR) is 87.3 cm³/mol. The van der Waals surface area contributed by atoms with E-state index in [0.717, 1.165) is 5.69 Å². The molecule has 0 spiro atoms. The van der Waals surface area contributed by atoms with Gasteiger partial charge in [-0.2, -0.15) is 0 Å². The van der Waals surface area contributed by atoms with Gasteiger partial charge >= 0.3 is 5.97 Å². The van der Waals surface area contributed by atoms with E-state index in [2.05, 4.69) is 19.9 Å². The molecule has 0 bridgehead atoms. The van der Waals surface area contributed by atoms with Crippen molar-refractivity contribution in [3.63, 3.8) is 0 Å². The van der Waals surface area contributed by atoms with Crippen molar-refractivity contribution < 1.29 is 13.9 Å². The van der Waals surface area contributed by atoms with E-state index < -0.39 is 5.97 Å². The Labute approximate surface area is 141 Å². The number of fused-ring (bicyclic) bond motifs is 1. The minimum Gasteiger partial charge on any atom is -0.463 e. The second-order valence-electron chi connectivity index (χ2n) is 5.40. The van der Waals surface area contributed by atoms with Gasteiger partial charge in [-0.25, -0.2) is 4.79 Å². The van der Waals surface area contributed by atoms with E-state index in [-0.39, 0.29) is 17.2 Å². The predicted octanol–water partition coefficient (Wildman–Crippen LogP) is 2.21. The van der Waals surface area contributed by atoms with E-state index in [0.29, 0.717) is 22.4 Å². The highest BCUT2D eigenvalue weighted by Crippen LogP contribution is 2.25. The molecule has 3 rings (SSSR count). The fourth-order valence-electron chi connectivity index (χ4n) is 2.25. The molecule has 0 amide bonds. The summed E-state index contributed by atoms with van der Waals surface area (Å²) in [7, 11) is 1.30. The van der Waals surface area contributed by atoms with E-state index >= 15 is 0 Å². The molecule has 3 aromatic heterocycles. The monoisotopic (exact) mass is 348 g/mol. The maximum absolute atomic E-state index is 11.7. The molecular weight excluding hydrogens is 332 g/mol. The maximum atomic E-state index is 11.7. The van der Waals surface area contributed by atoms with Crippen molar-refractivity contribution in [2.75, 3.05) is 7.11 Å². The average Bonchev–Trinajstić information content (AvgIpc) is 3.18. The van der Waals surface area contributed by atoms with E-state index in [1.165, 1.54) is 18.9 Å². The summed E-state index contributed by atoms with van der Waals surface area (Å²) in [6.07, 6.45) is 0. The number of ether oxygens (including phenoxy) is 1. The fourth-order valence-corrected chi connectivity index (χ4v) is 3.09. The quantitative estimate of drug-likeness (QED) is 0.557. The molecule has 1 N–H and O–H groups in total. The molecule has 9 heteroatoms. The summed E-state index contributed by atoms with van der Waals surface area (Å²) in [5.74, 6) is 1.27. The van der Waals surface area contributed by atoms with Crippen LogP contribution in [0.5, 0.6) is 0 Å². The number of thioether (sulfide) groups is 1. The smallest absolute Gasteiger partial charge is 0.373 e. The number of furan rings is 1. The van der Waals surface area contributed by atoms with Gasteiger partial charge in [0.15, 0.2) is 5.16 Å². The Hall–Kier alpha value is -2.55. The minimum absolute atomic E-state index is 0.139. The van der Waals surface area contributed by atoms with Gasteiger partial charge in [-0.1, -0.05) is 25.6 Å². The van der Waals surface area contributed by atoms with Crippen LogP contribution in [-0.4, -0.2) is 32.7 Å². The number of rotatable bonds is 5. The molecule has 0 aromatic carbocycles. The zero-order chi connectivity index (χ0) is 17.3. The molecular formula is C15H16N4O4S. The number of carbonyl (C=O) groups excluding carboxylic acids is 1. The first-order valence-electron chi connectivity index (χ1n) is 7.27. The van der Waals surface area contributed by atoms with E-state index in [1.54, 1.807) is 18.2 Å². The summed E-state index contributed by atoms with van der Waals surface area (Å²) in [6.45, 7) is 4.00. The van der Waals surface area contributed by atoms with Crippen molar-refractivity contribution in [2.24, 2.45) is 0 Å². The average molecular weight is 348 g/mol. The van der Waals surface area contributed by atoms with Crippen LogP contribution in [0, 0.1) is 0 Å². The molecule has 0 fully saturated rings. The summed E-state index contributed by atoms with van der Waals surface area (Å²) < 4.78 is 11.9. The van der Waals surface area contributed by atoms with Crippen molar-refractivity contribution in [2.45, 2.75) is 30.7 Å². The van der Waals surface area contributed by atoms with Crippen molar-refractivity contribution in [3.8, 4) is 0 Å². The van der Waals surface area contributed by atoms with Gasteiger partial charge in [-0.15, -0.1) is 10.2 Å². The molecule has 0 radical (unpaired) electrons. The van der Waals surface area contributed by atoms with Gasteiger partial charge in [0.1, 0.15) is 5.76 Å². The molecule has 0 saturated heterocycles. The van der Waals surface area contributed by atoms with E-state index in [9.17, 15) is 9.59 Å². The standard InChI is InChI=1S/C15H16N4O4S/c1-8(2)10-6-12(20)16-14-17-18-15(19(10)14)24-7-9-4-5-11(23-9)13(21)22-3/h4-6,8H,7H2,1-3H3,(H,16,17,20). The van der Waals surface area contributed by atoms with Crippen LogP contribution in [0.4, 0.5) is 0 Å². The van der Waals surface area contributed by atoms with Gasteiger partial charge in [0.05, 0.1) is 12.9 Å². The van der Waals surface area contributed by atoms with Crippen LogP contribution in [0.15, 0.2) is 32.6 Å². The summed E-state index contributed by atoms with van der Waals surface area (Å²) in [4.78, 5) is 25.8. The summed E-state index contributed by atoms with van der Waals surface area (Å²) in [5.41, 5.74) is 0.625. The number of hydrogen-bond donors (Lipinski definition) is 1. The molecule has 3 aromatic rings. The third kappa shape index (κ3) is 3.07. The first-order chi connectivity index (χ1) is 11.5. The highest BCUT2D eigenvalue weighted by Gasteiger charge is 2.16. The molecule has 8 nitrogen and oxygen atoms in total. The Morgan fingerprint density at radius 3 is 2.92 bits per heavy atom. The zero-order valence-corrected chi connectivity index (χ0v) is 14.2. The van der Waals surface area contributed by atoms with Crippen molar-refractivity contribution >= 4 is 23.5 Å². The lowest BCUT2D eigenvalue weighted by molar-refractivity contribution is 0.0563. The minimum atomic E-state index is -0.515. The number of nitrogens with zero attached hydrogens (tertiary/aromatic N) is 3. The summed E-state index contributed by atoms with van der Waals surface area (Å²) >= 11 is 1.40. The Balaban J connectivity index is 1.87. The lowest BCUT2D eigenvalue weighted by Crippen LogP contribution is -2.12. The van der Waals surface area contributed by atoms with Crippen LogP contribution >= 0.6 is 11.8 Å². The number of aromatic nitrogens is 4. The first-order valence-corrected chi connectivity index (χ1v) is 8.26. The molecule has 0 aliphatic heterocycles. The van der Waals surface area contributed by atoms with Crippen LogP contribution in [0.3, 0.4) is 0 Å². The zero-order valence-electron chi connectivity index (χ0n) is 13.4. The maximum Gasteiger partial charge on any atom is 0.373 e. The largest absolute Gasteiger partial charge is 0.463 e. The third-order valence-electron chi connectivity index (χ3n) is 3.39. The van der Waals surface area contributed by atoms with Crippen molar-refractivity contribution in [1.29, 1.82) is 0 Å². The summed E-state index contributed by atoms with van der Waals surface area (Å²) in [6, 6.07) is 4.84. The van der Waals surface area contributed by atoms with Gasteiger partial charge in [-0.05, 0) is 18.1 Å². The van der Waals surface area contributed by atoms with Crippen LogP contribution in [0.25, 0.3) is 5.78 Å². The number of H-pyrrole nitrogens is 1. The fraction of sp³-hybridized carbons (Fsp3) is 0.333. The number of aromatic amines is 1. The summed E-state index contributed by atoms with van der Waals surface area (Å²) in [5, 5.41) is 8.78. The lowest BCUT2D eigenvalue weighted by atomic mass is 10.1. The highest BCUT2D eigenvalue weighted by molar-refractivity contribution is 7.98. The second kappa shape index (κ2) is 6.52. The van der Waals surface area contributed by atoms with E-state index in [1.807, 2.05) is 18.2 Å². The Morgan fingerprint density at radius 1 is 1.42 bits per heavy atom. The van der Waals surface area contributed by atoms with Crippen molar-refractivity contribution in [3.05, 3.63) is 45.8 Å². The number of esters is 1. The third-order valence-corrected chi connectivity index (χ3v) is 4.34. The van der Waals surface area contributed by atoms with Gasteiger partial charge in [-0.3, -0.25) is 14.2 Å². The molecule has 0 aliphatic rings. The Morgan fingerprint density at radius 2 is 2.21 bits per heavy atom. The van der Waals surface area contributed by atoms with Crippen LogP contribution < -0.4 is 5.56 Å². The van der Waals surface area contributed by atoms with Crippen LogP contribution in [0.1, 0.15) is 41.8 Å². The lowest BCUT2D eigenvalue weighted by Gasteiger charge is -2.09. The topological polar surface area (TPSA) is 102 Å².